The van der Waals surface area contributed by atoms with Crippen molar-refractivity contribution in [3.8, 4) is 0 Å². The molecule has 0 aromatic heterocycles. The van der Waals surface area contributed by atoms with E-state index < -0.39 is 24.7 Å². The Balaban J connectivity index is 0.00000361. The van der Waals surface area contributed by atoms with Crippen molar-refractivity contribution in [2.45, 2.75) is 50.3 Å². The average molecular weight is 319 g/mol. The van der Waals surface area contributed by atoms with Crippen LogP contribution in [0, 0.1) is 0 Å². The van der Waals surface area contributed by atoms with Gasteiger partial charge in [-0.05, 0) is 19.4 Å². The lowest BCUT2D eigenvalue weighted by Gasteiger charge is -2.25. The molecular formula is C12H22ClF3N2O2. The zero-order valence-electron chi connectivity index (χ0n) is 11.3. The first-order valence-corrected chi connectivity index (χ1v) is 6.57. The van der Waals surface area contributed by atoms with Gasteiger partial charge in [-0.3, -0.25) is 4.79 Å². The number of carbonyl (C=O) groups is 1. The molecule has 20 heavy (non-hydrogen) atoms. The van der Waals surface area contributed by atoms with E-state index >= 15 is 0 Å². The van der Waals surface area contributed by atoms with Gasteiger partial charge in [0.2, 0.25) is 5.91 Å². The fourth-order valence-corrected chi connectivity index (χ4v) is 2.17. The monoisotopic (exact) mass is 318 g/mol. The molecule has 1 atom stereocenters. The summed E-state index contributed by atoms with van der Waals surface area (Å²) < 4.78 is 37.7. The van der Waals surface area contributed by atoms with Crippen molar-refractivity contribution in [3.63, 3.8) is 0 Å². The molecule has 0 saturated carbocycles. The third-order valence-corrected chi connectivity index (χ3v) is 3.47. The number of alkyl halides is 3. The summed E-state index contributed by atoms with van der Waals surface area (Å²) in [5.74, 6) is -0.312. The molecule has 1 fully saturated rings. The molecule has 8 heteroatoms. The Morgan fingerprint density at radius 2 is 1.85 bits per heavy atom. The predicted molar refractivity (Wildman–Crippen MR) is 71.6 cm³/mol. The van der Waals surface area contributed by atoms with Crippen molar-refractivity contribution in [3.05, 3.63) is 0 Å². The maximum Gasteiger partial charge on any atom is 0.419 e. The van der Waals surface area contributed by atoms with Crippen molar-refractivity contribution >= 4 is 18.3 Å². The Morgan fingerprint density at radius 3 is 2.35 bits per heavy atom. The summed E-state index contributed by atoms with van der Waals surface area (Å²) in [4.78, 5) is 12.8. The number of unbranched alkanes of at least 4 members (excludes halogenated alkanes) is 3. The first kappa shape index (κ1) is 19.5. The highest BCUT2D eigenvalue weighted by atomic mass is 35.5. The number of hydrogen-bond acceptors (Lipinski definition) is 3. The van der Waals surface area contributed by atoms with Crippen LogP contribution in [0.15, 0.2) is 0 Å². The van der Waals surface area contributed by atoms with Gasteiger partial charge in [0.1, 0.15) is 0 Å². The second-order valence-electron chi connectivity index (χ2n) is 5.05. The first-order chi connectivity index (χ1) is 8.80. The second-order valence-corrected chi connectivity index (χ2v) is 5.05. The molecule has 1 unspecified atom stereocenters. The Hall–Kier alpha value is -0.530. The topological polar surface area (TPSA) is 66.6 Å². The van der Waals surface area contributed by atoms with Crippen LogP contribution >= 0.6 is 12.4 Å². The summed E-state index contributed by atoms with van der Waals surface area (Å²) in [6.07, 6.45) is -1.56. The van der Waals surface area contributed by atoms with Crippen molar-refractivity contribution in [2.24, 2.45) is 5.73 Å². The lowest BCUT2D eigenvalue weighted by molar-refractivity contribution is -0.253. The second kappa shape index (κ2) is 8.05. The van der Waals surface area contributed by atoms with Gasteiger partial charge in [0.15, 0.2) is 5.60 Å². The van der Waals surface area contributed by atoms with Gasteiger partial charge in [0, 0.05) is 19.4 Å². The number of β-amino-alcohol motifs (C(OH)–C–C–N with tert-alkyl or cyclic N) is 1. The van der Waals surface area contributed by atoms with Crippen molar-refractivity contribution in [2.75, 3.05) is 19.6 Å². The van der Waals surface area contributed by atoms with E-state index in [2.05, 4.69) is 0 Å². The SMILES string of the molecule is Cl.NCCCCCCC(=O)N1CCC(O)(C(F)(F)F)C1. The number of aliphatic hydroxyl groups is 1. The molecule has 3 N–H and O–H groups in total. The van der Waals surface area contributed by atoms with Gasteiger partial charge in [-0.1, -0.05) is 12.8 Å². The van der Waals surface area contributed by atoms with E-state index in [-0.39, 0.29) is 31.3 Å². The van der Waals surface area contributed by atoms with Crippen LogP contribution in [0.5, 0.6) is 0 Å². The zero-order chi connectivity index (χ0) is 14.5. The molecular weight excluding hydrogens is 297 g/mol. The van der Waals surface area contributed by atoms with E-state index in [1.165, 1.54) is 0 Å². The highest BCUT2D eigenvalue weighted by molar-refractivity contribution is 5.85. The molecule has 1 aliphatic heterocycles. The van der Waals surface area contributed by atoms with E-state index in [9.17, 15) is 23.1 Å². The molecule has 1 amide bonds. The maximum absolute atomic E-state index is 12.6. The van der Waals surface area contributed by atoms with Crippen LogP contribution in [0.3, 0.4) is 0 Å². The molecule has 0 radical (unpaired) electrons. The Bertz CT molecular complexity index is 316. The smallest absolute Gasteiger partial charge is 0.379 e. The van der Waals surface area contributed by atoms with Crippen LogP contribution in [0.25, 0.3) is 0 Å². The Labute approximate surface area is 122 Å². The van der Waals surface area contributed by atoms with Crippen molar-refractivity contribution < 1.29 is 23.1 Å². The summed E-state index contributed by atoms with van der Waals surface area (Å²) in [5.41, 5.74) is 2.60. The molecule has 1 saturated heterocycles. The summed E-state index contributed by atoms with van der Waals surface area (Å²) in [6, 6.07) is 0. The summed E-state index contributed by atoms with van der Waals surface area (Å²) in [7, 11) is 0. The van der Waals surface area contributed by atoms with Gasteiger partial charge >= 0.3 is 6.18 Å². The van der Waals surface area contributed by atoms with Gasteiger partial charge in [-0.2, -0.15) is 13.2 Å². The van der Waals surface area contributed by atoms with Crippen LogP contribution in [0.4, 0.5) is 13.2 Å². The molecule has 1 heterocycles. The molecule has 1 aliphatic rings. The Kier molecular flexibility index (Phi) is 7.83. The minimum Gasteiger partial charge on any atom is -0.379 e. The molecule has 0 aromatic rings. The summed E-state index contributed by atoms with van der Waals surface area (Å²) >= 11 is 0. The standard InChI is InChI=1S/C12H21F3N2O2.ClH/c13-12(14,15)11(19)6-8-17(9-11)10(18)5-3-1-2-4-7-16;/h19H,1-9,16H2;1H. The zero-order valence-corrected chi connectivity index (χ0v) is 12.1. The lowest BCUT2D eigenvalue weighted by atomic mass is 10.0. The highest BCUT2D eigenvalue weighted by Gasteiger charge is 2.57. The number of hydrogen-bond donors (Lipinski definition) is 2. The van der Waals surface area contributed by atoms with E-state index in [1.54, 1.807) is 0 Å². The largest absolute Gasteiger partial charge is 0.419 e. The summed E-state index contributed by atoms with van der Waals surface area (Å²) in [5, 5.41) is 9.46. The summed E-state index contributed by atoms with van der Waals surface area (Å²) in [6.45, 7) is -0.0610. The third kappa shape index (κ3) is 5.10. The van der Waals surface area contributed by atoms with Crippen LogP contribution in [0.2, 0.25) is 0 Å². The van der Waals surface area contributed by atoms with Crippen LogP contribution in [0.1, 0.15) is 38.5 Å². The van der Waals surface area contributed by atoms with Gasteiger partial charge in [0.25, 0.3) is 0 Å². The lowest BCUT2D eigenvalue weighted by Crippen LogP contribution is -2.48. The number of carbonyl (C=O) groups excluding carboxylic acids is 1. The van der Waals surface area contributed by atoms with Crippen molar-refractivity contribution in [1.82, 2.24) is 4.90 Å². The van der Waals surface area contributed by atoms with Crippen LogP contribution < -0.4 is 5.73 Å². The van der Waals surface area contributed by atoms with Crippen LogP contribution in [-0.2, 0) is 4.79 Å². The van der Waals surface area contributed by atoms with Gasteiger partial charge in [-0.25, -0.2) is 0 Å². The fourth-order valence-electron chi connectivity index (χ4n) is 2.17. The number of nitrogens with two attached hydrogens (primary N) is 1. The van der Waals surface area contributed by atoms with E-state index in [1.807, 2.05) is 0 Å². The molecule has 0 aromatic carbocycles. The van der Waals surface area contributed by atoms with Crippen LogP contribution in [-0.4, -0.2) is 47.3 Å². The number of rotatable bonds is 6. The quantitative estimate of drug-likeness (QED) is 0.734. The van der Waals surface area contributed by atoms with Crippen molar-refractivity contribution in [1.29, 1.82) is 0 Å². The molecule has 1 rings (SSSR count). The van der Waals surface area contributed by atoms with E-state index in [4.69, 9.17) is 5.73 Å². The van der Waals surface area contributed by atoms with E-state index in [0.29, 0.717) is 13.0 Å². The maximum atomic E-state index is 12.6. The molecule has 120 valence electrons. The molecule has 0 spiro atoms. The number of likely N-dealkylation sites (tertiary alicyclic amines) is 1. The number of amides is 1. The molecule has 4 nitrogen and oxygen atoms in total. The Morgan fingerprint density at radius 1 is 1.25 bits per heavy atom. The van der Waals surface area contributed by atoms with Gasteiger partial charge in [-0.15, -0.1) is 12.4 Å². The highest BCUT2D eigenvalue weighted by Crippen LogP contribution is 2.37. The molecule has 0 aliphatic carbocycles. The third-order valence-electron chi connectivity index (χ3n) is 3.47. The normalized spacial score (nSPS) is 22.8. The molecule has 0 bridgehead atoms. The number of nitrogens with zero attached hydrogens (tertiary/aromatic N) is 1. The fraction of sp³-hybridized carbons (Fsp3) is 0.917. The van der Waals surface area contributed by atoms with E-state index in [0.717, 1.165) is 24.2 Å². The predicted octanol–water partition coefficient (Wildman–Crippen LogP) is 1.84. The number of halogens is 4. The average Bonchev–Trinajstić information content (AvgIpc) is 2.72. The first-order valence-electron chi connectivity index (χ1n) is 6.57. The van der Waals surface area contributed by atoms with Gasteiger partial charge < -0.3 is 15.7 Å². The van der Waals surface area contributed by atoms with Gasteiger partial charge in [0.05, 0.1) is 6.54 Å². The minimum absolute atomic E-state index is 0. The minimum atomic E-state index is -4.68.